The van der Waals surface area contributed by atoms with Gasteiger partial charge < -0.3 is 10.6 Å². The van der Waals surface area contributed by atoms with E-state index in [1.807, 2.05) is 13.8 Å². The number of rotatable bonds is 6. The molecule has 1 aromatic carbocycles. The van der Waals surface area contributed by atoms with Gasteiger partial charge in [-0.25, -0.2) is 4.39 Å². The van der Waals surface area contributed by atoms with Gasteiger partial charge in [0.1, 0.15) is 11.9 Å². The highest BCUT2D eigenvalue weighted by Gasteiger charge is 2.46. The largest absolute Gasteiger partial charge is 0.354 e. The minimum absolute atomic E-state index is 0.0983. The number of carbonyl (C=O) groups excluding carboxylic acids is 2. The minimum atomic E-state index is -0.455. The van der Waals surface area contributed by atoms with Gasteiger partial charge in [-0.15, -0.1) is 0 Å². The van der Waals surface area contributed by atoms with E-state index in [1.54, 1.807) is 12.1 Å². The first kappa shape index (κ1) is 16.5. The van der Waals surface area contributed by atoms with E-state index in [0.717, 1.165) is 18.4 Å². The SMILES string of the molecule is CCC1(CC)CNC(=O)C1NC(=O)CCc1ccc(F)cc1. The molecule has 4 nitrogen and oxygen atoms in total. The maximum absolute atomic E-state index is 12.8. The topological polar surface area (TPSA) is 58.2 Å². The predicted molar refractivity (Wildman–Crippen MR) is 82.7 cm³/mol. The molecule has 0 bridgehead atoms. The molecule has 1 fully saturated rings. The summed E-state index contributed by atoms with van der Waals surface area (Å²) in [5.74, 6) is -0.525. The quantitative estimate of drug-likeness (QED) is 0.846. The maximum atomic E-state index is 12.8. The maximum Gasteiger partial charge on any atom is 0.243 e. The van der Waals surface area contributed by atoms with Crippen molar-refractivity contribution in [2.75, 3.05) is 6.54 Å². The first-order valence-corrected chi connectivity index (χ1v) is 7.82. The molecule has 1 aliphatic heterocycles. The Balaban J connectivity index is 1.93. The lowest BCUT2D eigenvalue weighted by Gasteiger charge is -2.31. The summed E-state index contributed by atoms with van der Waals surface area (Å²) in [4.78, 5) is 24.1. The first-order chi connectivity index (χ1) is 10.5. The van der Waals surface area contributed by atoms with Gasteiger partial charge >= 0.3 is 0 Å². The zero-order valence-electron chi connectivity index (χ0n) is 13.1. The average Bonchev–Trinajstić information content (AvgIpc) is 2.84. The summed E-state index contributed by atoms with van der Waals surface area (Å²) in [6, 6.07) is 5.66. The van der Waals surface area contributed by atoms with Crippen molar-refractivity contribution in [3.05, 3.63) is 35.6 Å². The van der Waals surface area contributed by atoms with Crippen LogP contribution < -0.4 is 10.6 Å². The summed E-state index contributed by atoms with van der Waals surface area (Å²) in [7, 11) is 0. The molecule has 0 aliphatic carbocycles. The molecule has 1 unspecified atom stereocenters. The van der Waals surface area contributed by atoms with E-state index in [-0.39, 0.29) is 23.0 Å². The molecule has 0 aromatic heterocycles. The van der Waals surface area contributed by atoms with Crippen LogP contribution in [0.1, 0.15) is 38.7 Å². The molecule has 5 heteroatoms. The highest BCUT2D eigenvalue weighted by Crippen LogP contribution is 2.34. The van der Waals surface area contributed by atoms with E-state index in [0.29, 0.717) is 19.4 Å². The normalized spacial score (nSPS) is 19.8. The van der Waals surface area contributed by atoms with Crippen molar-refractivity contribution < 1.29 is 14.0 Å². The van der Waals surface area contributed by atoms with Gasteiger partial charge in [0, 0.05) is 18.4 Å². The zero-order valence-corrected chi connectivity index (χ0v) is 13.1. The van der Waals surface area contributed by atoms with Crippen molar-refractivity contribution in [2.45, 2.75) is 45.6 Å². The second kappa shape index (κ2) is 6.90. The van der Waals surface area contributed by atoms with E-state index >= 15 is 0 Å². The molecule has 1 aromatic rings. The van der Waals surface area contributed by atoms with Gasteiger partial charge in [-0.2, -0.15) is 0 Å². The van der Waals surface area contributed by atoms with Crippen LogP contribution in [0, 0.1) is 11.2 Å². The van der Waals surface area contributed by atoms with Crippen molar-refractivity contribution in [3.8, 4) is 0 Å². The Morgan fingerprint density at radius 3 is 2.55 bits per heavy atom. The highest BCUT2D eigenvalue weighted by atomic mass is 19.1. The molecule has 1 atom stereocenters. The fourth-order valence-electron chi connectivity index (χ4n) is 3.01. The number of amides is 2. The third kappa shape index (κ3) is 3.46. The van der Waals surface area contributed by atoms with Crippen molar-refractivity contribution >= 4 is 11.8 Å². The molecule has 0 spiro atoms. The van der Waals surface area contributed by atoms with Crippen molar-refractivity contribution in [1.82, 2.24) is 10.6 Å². The van der Waals surface area contributed by atoms with E-state index in [4.69, 9.17) is 0 Å². The molecule has 2 N–H and O–H groups in total. The van der Waals surface area contributed by atoms with Crippen LogP contribution in [-0.2, 0) is 16.0 Å². The number of halogens is 1. The third-order valence-corrected chi connectivity index (χ3v) is 4.76. The lowest BCUT2D eigenvalue weighted by atomic mass is 9.77. The Hall–Kier alpha value is -1.91. The van der Waals surface area contributed by atoms with E-state index in [9.17, 15) is 14.0 Å². The Labute approximate surface area is 130 Å². The molecule has 22 heavy (non-hydrogen) atoms. The number of carbonyl (C=O) groups is 2. The molecule has 0 saturated carbocycles. The second-order valence-corrected chi connectivity index (χ2v) is 5.91. The molecular weight excluding hydrogens is 283 g/mol. The summed E-state index contributed by atoms with van der Waals surface area (Å²) in [6.07, 6.45) is 2.50. The van der Waals surface area contributed by atoms with Crippen molar-refractivity contribution in [3.63, 3.8) is 0 Å². The molecule has 120 valence electrons. The van der Waals surface area contributed by atoms with Crippen molar-refractivity contribution in [2.24, 2.45) is 5.41 Å². The minimum Gasteiger partial charge on any atom is -0.354 e. The molecule has 0 radical (unpaired) electrons. The van der Waals surface area contributed by atoms with Gasteiger partial charge in [-0.1, -0.05) is 26.0 Å². The summed E-state index contributed by atoms with van der Waals surface area (Å²) in [5.41, 5.74) is 0.715. The van der Waals surface area contributed by atoms with Crippen LogP contribution in [0.2, 0.25) is 0 Å². The van der Waals surface area contributed by atoms with Gasteiger partial charge in [0.05, 0.1) is 0 Å². The molecular formula is C17H23FN2O2. The zero-order chi connectivity index (χ0) is 16.2. The predicted octanol–water partition coefficient (Wildman–Crippen LogP) is 2.18. The molecule has 1 saturated heterocycles. The van der Waals surface area contributed by atoms with Crippen LogP contribution in [0.4, 0.5) is 4.39 Å². The number of hydrogen-bond donors (Lipinski definition) is 2. The van der Waals surface area contributed by atoms with Crippen molar-refractivity contribution in [1.29, 1.82) is 0 Å². The molecule has 2 rings (SSSR count). The van der Waals surface area contributed by atoms with E-state index in [1.165, 1.54) is 12.1 Å². The monoisotopic (exact) mass is 306 g/mol. The van der Waals surface area contributed by atoms with Crippen LogP contribution in [0.5, 0.6) is 0 Å². The van der Waals surface area contributed by atoms with Crippen LogP contribution >= 0.6 is 0 Å². The number of aryl methyl sites for hydroxylation is 1. The molecule has 1 aliphatic rings. The average molecular weight is 306 g/mol. The van der Waals surface area contributed by atoms with Gasteiger partial charge in [0.25, 0.3) is 0 Å². The summed E-state index contributed by atoms with van der Waals surface area (Å²) >= 11 is 0. The fraction of sp³-hybridized carbons (Fsp3) is 0.529. The lowest BCUT2D eigenvalue weighted by Crippen LogP contribution is -2.48. The summed E-state index contributed by atoms with van der Waals surface area (Å²) in [5, 5.41) is 5.73. The Morgan fingerprint density at radius 2 is 1.95 bits per heavy atom. The molecule has 1 heterocycles. The fourth-order valence-corrected chi connectivity index (χ4v) is 3.01. The summed E-state index contributed by atoms with van der Waals surface area (Å²) in [6.45, 7) is 4.70. The lowest BCUT2D eigenvalue weighted by molar-refractivity contribution is -0.128. The van der Waals surface area contributed by atoms with E-state index in [2.05, 4.69) is 10.6 Å². The Morgan fingerprint density at radius 1 is 1.32 bits per heavy atom. The van der Waals surface area contributed by atoms with Crippen LogP contribution in [-0.4, -0.2) is 24.4 Å². The third-order valence-electron chi connectivity index (χ3n) is 4.76. The standard InChI is InChI=1S/C17H23FN2O2/c1-3-17(4-2)11-19-16(22)15(17)20-14(21)10-7-12-5-8-13(18)9-6-12/h5-6,8-9,15H,3-4,7,10-11H2,1-2H3,(H,19,22)(H,20,21). The van der Waals surface area contributed by atoms with Gasteiger partial charge in [0.2, 0.25) is 11.8 Å². The molecule has 2 amide bonds. The van der Waals surface area contributed by atoms with Crippen LogP contribution in [0.25, 0.3) is 0 Å². The number of nitrogens with one attached hydrogen (secondary N) is 2. The summed E-state index contributed by atoms with van der Waals surface area (Å²) < 4.78 is 12.8. The smallest absolute Gasteiger partial charge is 0.243 e. The Bertz CT molecular complexity index is 538. The number of benzene rings is 1. The number of hydrogen-bond acceptors (Lipinski definition) is 2. The second-order valence-electron chi connectivity index (χ2n) is 5.91. The van der Waals surface area contributed by atoms with Gasteiger partial charge in [-0.05, 0) is 37.0 Å². The Kier molecular flexibility index (Phi) is 5.16. The van der Waals surface area contributed by atoms with Gasteiger partial charge in [-0.3, -0.25) is 9.59 Å². The van der Waals surface area contributed by atoms with Crippen LogP contribution in [0.3, 0.4) is 0 Å². The van der Waals surface area contributed by atoms with Crippen LogP contribution in [0.15, 0.2) is 24.3 Å². The van der Waals surface area contributed by atoms with E-state index < -0.39 is 6.04 Å². The highest BCUT2D eigenvalue weighted by molar-refractivity contribution is 5.90. The first-order valence-electron chi connectivity index (χ1n) is 7.82. The van der Waals surface area contributed by atoms with Gasteiger partial charge in [0.15, 0.2) is 0 Å².